The maximum absolute atomic E-state index is 8.45. The molecule has 0 radical (unpaired) electrons. The van der Waals surface area contributed by atoms with Crippen LogP contribution < -0.4 is 0 Å². The van der Waals surface area contributed by atoms with Crippen LogP contribution in [0.4, 0.5) is 0 Å². The van der Waals surface area contributed by atoms with Crippen molar-refractivity contribution in [3.63, 3.8) is 0 Å². The van der Waals surface area contributed by atoms with Gasteiger partial charge < -0.3 is 5.11 Å². The smallest absolute Gasteiger partial charge is 0.0621 e. The monoisotopic (exact) mass is 242 g/mol. The average molecular weight is 242 g/mol. The normalized spacial score (nSPS) is 9.83. The molecule has 0 fully saturated rings. The van der Waals surface area contributed by atoms with Crippen molar-refractivity contribution < 1.29 is 5.11 Å². The highest BCUT2D eigenvalue weighted by Crippen LogP contribution is 2.03. The van der Waals surface area contributed by atoms with Gasteiger partial charge in [-0.15, -0.1) is 6.58 Å². The Kier molecular flexibility index (Phi) is 13.9. The highest BCUT2D eigenvalue weighted by molar-refractivity contribution is 5.31. The van der Waals surface area contributed by atoms with E-state index in [0.717, 1.165) is 19.3 Å². The summed E-state index contributed by atoms with van der Waals surface area (Å²) in [6.07, 6.45) is 16.2. The van der Waals surface area contributed by atoms with Gasteiger partial charge in [0, 0.05) is 6.42 Å². The summed E-state index contributed by atoms with van der Waals surface area (Å²) in [7, 11) is 0. The van der Waals surface area contributed by atoms with E-state index >= 15 is 0 Å². The Bertz CT molecular complexity index is 366. The molecule has 0 bridgehead atoms. The van der Waals surface area contributed by atoms with Crippen molar-refractivity contribution in [3.05, 3.63) is 37.0 Å². The van der Waals surface area contributed by atoms with Crippen LogP contribution in [0.3, 0.4) is 0 Å². The van der Waals surface area contributed by atoms with Gasteiger partial charge in [-0.25, -0.2) is 0 Å². The van der Waals surface area contributed by atoms with E-state index in [2.05, 4.69) is 42.4 Å². The molecule has 0 aromatic rings. The maximum atomic E-state index is 8.45. The minimum Gasteiger partial charge on any atom is -0.392 e. The second kappa shape index (κ2) is 15.3. The molecule has 0 aromatic heterocycles. The molecule has 0 aromatic carbocycles. The molecule has 18 heavy (non-hydrogen) atoms. The van der Waals surface area contributed by atoms with Gasteiger partial charge in [0.15, 0.2) is 0 Å². The van der Waals surface area contributed by atoms with Gasteiger partial charge in [-0.1, -0.05) is 42.6 Å². The van der Waals surface area contributed by atoms with Crippen molar-refractivity contribution in [1.82, 2.24) is 0 Å². The predicted octanol–water partition coefficient (Wildman–Crippen LogP) is 3.62. The van der Waals surface area contributed by atoms with Gasteiger partial charge in [-0.05, 0) is 43.6 Å². The summed E-state index contributed by atoms with van der Waals surface area (Å²) in [5.41, 5.74) is 0. The molecule has 0 unspecified atom stereocenters. The number of unbranched alkanes of at least 4 members (excludes halogenated alkanes) is 4. The maximum Gasteiger partial charge on any atom is 0.0621 e. The lowest BCUT2D eigenvalue weighted by molar-refractivity contribution is 0.343. The minimum absolute atomic E-state index is 0.0254. The number of hydrogen-bond acceptors (Lipinski definition) is 1. The second-order valence-electron chi connectivity index (χ2n) is 3.76. The van der Waals surface area contributed by atoms with Gasteiger partial charge in [-0.2, -0.15) is 0 Å². The highest BCUT2D eigenvalue weighted by atomic mass is 16.2. The molecular formula is C17H22O. The van der Waals surface area contributed by atoms with Crippen molar-refractivity contribution in [2.45, 2.75) is 38.5 Å². The first-order valence-electron chi connectivity index (χ1n) is 6.42. The van der Waals surface area contributed by atoms with Crippen molar-refractivity contribution in [2.75, 3.05) is 6.61 Å². The number of hydrogen-bond donors (Lipinski definition) is 1. The summed E-state index contributed by atoms with van der Waals surface area (Å²) in [6.45, 7) is 3.73. The zero-order chi connectivity index (χ0) is 13.3. The number of aliphatic hydroxyl groups is 1. The zero-order valence-electron chi connectivity index (χ0n) is 11.0. The lowest BCUT2D eigenvalue weighted by atomic mass is 10.1. The Hall–Kier alpha value is -1.70. The second-order valence-corrected chi connectivity index (χ2v) is 3.76. The number of rotatable bonds is 8. The Labute approximate surface area is 111 Å². The molecule has 0 spiro atoms. The zero-order valence-corrected chi connectivity index (χ0v) is 11.0. The van der Waals surface area contributed by atoms with E-state index < -0.39 is 0 Å². The van der Waals surface area contributed by atoms with Gasteiger partial charge in [0.25, 0.3) is 0 Å². The van der Waals surface area contributed by atoms with Crippen LogP contribution in [-0.4, -0.2) is 11.7 Å². The summed E-state index contributed by atoms with van der Waals surface area (Å²) >= 11 is 0. The first-order valence-corrected chi connectivity index (χ1v) is 6.42. The van der Waals surface area contributed by atoms with Gasteiger partial charge in [-0.3, -0.25) is 0 Å². The lowest BCUT2D eigenvalue weighted by Crippen LogP contribution is -1.74. The topological polar surface area (TPSA) is 20.2 Å². The minimum atomic E-state index is 0.0254. The first-order chi connectivity index (χ1) is 8.91. The molecule has 0 saturated heterocycles. The molecule has 0 rings (SSSR count). The van der Waals surface area contributed by atoms with Gasteiger partial charge in [0.05, 0.1) is 6.61 Å². The number of allylic oxidation sites excluding steroid dienone is 4. The lowest BCUT2D eigenvalue weighted by Gasteiger charge is -1.93. The van der Waals surface area contributed by atoms with E-state index in [1.165, 1.54) is 19.3 Å². The van der Waals surface area contributed by atoms with Crippen molar-refractivity contribution in [3.8, 4) is 23.7 Å². The summed E-state index contributed by atoms with van der Waals surface area (Å²) in [5.74, 6) is 11.1. The van der Waals surface area contributed by atoms with Crippen LogP contribution in [0.1, 0.15) is 38.5 Å². The fourth-order valence-corrected chi connectivity index (χ4v) is 1.27. The van der Waals surface area contributed by atoms with E-state index in [-0.39, 0.29) is 6.61 Å². The quantitative estimate of drug-likeness (QED) is 0.391. The van der Waals surface area contributed by atoms with E-state index in [0.29, 0.717) is 0 Å². The highest BCUT2D eigenvalue weighted by Gasteiger charge is 1.84. The Morgan fingerprint density at radius 2 is 1.78 bits per heavy atom. The van der Waals surface area contributed by atoms with E-state index in [9.17, 15) is 0 Å². The van der Waals surface area contributed by atoms with Crippen LogP contribution in [0.2, 0.25) is 0 Å². The fourth-order valence-electron chi connectivity index (χ4n) is 1.27. The molecule has 1 heteroatoms. The van der Waals surface area contributed by atoms with Gasteiger partial charge >= 0.3 is 0 Å². The van der Waals surface area contributed by atoms with Crippen molar-refractivity contribution in [2.24, 2.45) is 0 Å². The average Bonchev–Trinajstić information content (AvgIpc) is 2.39. The number of aliphatic hydroxyl groups excluding tert-OH is 1. The first kappa shape index (κ1) is 16.3. The molecular weight excluding hydrogens is 220 g/mol. The van der Waals surface area contributed by atoms with Crippen LogP contribution in [0, 0.1) is 23.7 Å². The summed E-state index contributed by atoms with van der Waals surface area (Å²) in [4.78, 5) is 0. The third-order valence-electron chi connectivity index (χ3n) is 2.20. The van der Waals surface area contributed by atoms with E-state index in [1.54, 1.807) is 12.2 Å². The molecule has 0 heterocycles. The molecule has 1 N–H and O–H groups in total. The summed E-state index contributed by atoms with van der Waals surface area (Å²) < 4.78 is 0. The molecule has 1 nitrogen and oxygen atoms in total. The van der Waals surface area contributed by atoms with Crippen LogP contribution in [-0.2, 0) is 0 Å². The fraction of sp³-hybridized carbons (Fsp3) is 0.412. The Morgan fingerprint density at radius 3 is 2.56 bits per heavy atom. The van der Waals surface area contributed by atoms with Crippen molar-refractivity contribution >= 4 is 0 Å². The molecule has 0 aliphatic heterocycles. The van der Waals surface area contributed by atoms with Crippen LogP contribution in [0.15, 0.2) is 37.0 Å². The predicted molar refractivity (Wildman–Crippen MR) is 78.8 cm³/mol. The SMILES string of the molecule is C=CCCCCCC=CCC#CC#CC=CCO. The standard InChI is InChI=1S/C17H22O/c1-2-3-4-5-6-7-8-9-10-11-12-13-14-15-16-17-18/h2,8-9,15-16,18H,1,3-7,10,17H2. The molecule has 96 valence electrons. The molecule has 0 saturated carbocycles. The third-order valence-corrected chi connectivity index (χ3v) is 2.20. The molecule has 0 aliphatic carbocycles. The van der Waals surface area contributed by atoms with Crippen LogP contribution in [0.25, 0.3) is 0 Å². The molecule has 0 atom stereocenters. The molecule has 0 amide bonds. The summed E-state index contributed by atoms with van der Waals surface area (Å²) in [5, 5.41) is 8.45. The largest absolute Gasteiger partial charge is 0.392 e. The van der Waals surface area contributed by atoms with E-state index in [4.69, 9.17) is 5.11 Å². The van der Waals surface area contributed by atoms with Crippen molar-refractivity contribution in [1.29, 1.82) is 0 Å². The van der Waals surface area contributed by atoms with Gasteiger partial charge in [0.2, 0.25) is 0 Å². The Balaban J connectivity index is 3.47. The van der Waals surface area contributed by atoms with Crippen LogP contribution >= 0.6 is 0 Å². The molecule has 0 aliphatic rings. The van der Waals surface area contributed by atoms with Gasteiger partial charge in [0.1, 0.15) is 0 Å². The van der Waals surface area contributed by atoms with Crippen LogP contribution in [0.5, 0.6) is 0 Å². The Morgan fingerprint density at radius 1 is 0.944 bits per heavy atom. The van der Waals surface area contributed by atoms with E-state index in [1.807, 2.05) is 6.08 Å². The summed E-state index contributed by atoms with van der Waals surface area (Å²) in [6, 6.07) is 0. The third kappa shape index (κ3) is 14.3.